The number of sulfonamides is 1. The molecule has 2 rings (SSSR count). The lowest BCUT2D eigenvalue weighted by atomic mass is 10.2. The molecule has 0 aliphatic heterocycles. The zero-order valence-electron chi connectivity index (χ0n) is 10.9. The summed E-state index contributed by atoms with van der Waals surface area (Å²) < 4.78 is 25.7. The van der Waals surface area contributed by atoms with E-state index in [9.17, 15) is 8.42 Å². The van der Waals surface area contributed by atoms with Gasteiger partial charge in [0.05, 0.1) is 16.3 Å². The number of nitrogen functional groups attached to an aromatic ring is 1. The Morgan fingerprint density at radius 1 is 1.40 bits per heavy atom. The topological polar surface area (TPSA) is 126 Å². The summed E-state index contributed by atoms with van der Waals surface area (Å²) in [6, 6.07) is 4.52. The molecule has 0 aliphatic carbocycles. The van der Waals surface area contributed by atoms with Crippen LogP contribution >= 0.6 is 0 Å². The van der Waals surface area contributed by atoms with E-state index in [0.717, 1.165) is 5.82 Å². The van der Waals surface area contributed by atoms with Gasteiger partial charge in [-0.25, -0.2) is 18.1 Å². The predicted molar refractivity (Wildman–Crippen MR) is 75.7 cm³/mol. The lowest BCUT2D eigenvalue weighted by Crippen LogP contribution is -2.19. The van der Waals surface area contributed by atoms with Gasteiger partial charge in [-0.1, -0.05) is 0 Å². The molecule has 1 aromatic heterocycles. The van der Waals surface area contributed by atoms with Crippen LogP contribution in [-0.2, 0) is 16.4 Å². The lowest BCUT2D eigenvalue weighted by Gasteiger charge is -2.11. The third kappa shape index (κ3) is 3.25. The van der Waals surface area contributed by atoms with Crippen LogP contribution in [0.2, 0.25) is 0 Å². The molecule has 0 spiro atoms. The molecule has 0 amide bonds. The van der Waals surface area contributed by atoms with Crippen molar-refractivity contribution in [3.63, 3.8) is 0 Å². The molecule has 0 unspecified atom stereocenters. The summed E-state index contributed by atoms with van der Waals surface area (Å²) in [6.45, 7) is 0.558. The molecule has 0 radical (unpaired) electrons. The number of aromatic nitrogens is 3. The highest BCUT2D eigenvalue weighted by Crippen LogP contribution is 2.22. The van der Waals surface area contributed by atoms with Crippen molar-refractivity contribution in [2.24, 2.45) is 0 Å². The molecule has 1 heterocycles. The second kappa shape index (κ2) is 5.88. The van der Waals surface area contributed by atoms with Crippen LogP contribution in [0, 0.1) is 0 Å². The highest BCUT2D eigenvalue weighted by Gasteiger charge is 2.13. The number of aromatic amines is 1. The summed E-state index contributed by atoms with van der Waals surface area (Å²) in [7, 11) is -2.12. The molecule has 5 N–H and O–H groups in total. The first kappa shape index (κ1) is 14.3. The van der Waals surface area contributed by atoms with Crippen molar-refractivity contribution in [3.05, 3.63) is 30.4 Å². The summed E-state index contributed by atoms with van der Waals surface area (Å²) in [6.07, 6.45) is 2.06. The van der Waals surface area contributed by atoms with E-state index in [1.54, 1.807) is 6.07 Å². The maximum atomic E-state index is 11.7. The second-order valence-corrected chi connectivity index (χ2v) is 5.95. The molecule has 1 aromatic carbocycles. The number of nitrogens with one attached hydrogen (secondary N) is 3. The Morgan fingerprint density at radius 3 is 2.85 bits per heavy atom. The van der Waals surface area contributed by atoms with Crippen molar-refractivity contribution in [1.29, 1.82) is 0 Å². The minimum Gasteiger partial charge on any atom is -0.397 e. The van der Waals surface area contributed by atoms with Gasteiger partial charge in [-0.05, 0) is 25.2 Å². The maximum Gasteiger partial charge on any atom is 0.240 e. The van der Waals surface area contributed by atoms with Crippen LogP contribution in [0.1, 0.15) is 5.82 Å². The first-order valence-electron chi connectivity index (χ1n) is 5.94. The number of benzene rings is 1. The average Bonchev–Trinajstić information content (AvgIpc) is 2.94. The zero-order valence-corrected chi connectivity index (χ0v) is 11.7. The van der Waals surface area contributed by atoms with E-state index >= 15 is 0 Å². The zero-order chi connectivity index (χ0) is 14.6. The quantitative estimate of drug-likeness (QED) is 0.554. The van der Waals surface area contributed by atoms with Gasteiger partial charge in [0, 0.05) is 13.0 Å². The third-order valence-corrected chi connectivity index (χ3v) is 4.16. The Bertz CT molecular complexity index is 668. The summed E-state index contributed by atoms with van der Waals surface area (Å²) in [5.74, 6) is 0.745. The van der Waals surface area contributed by atoms with Crippen LogP contribution in [0.25, 0.3) is 0 Å². The van der Waals surface area contributed by atoms with Crippen molar-refractivity contribution < 1.29 is 8.42 Å². The van der Waals surface area contributed by atoms with Crippen LogP contribution in [0.3, 0.4) is 0 Å². The van der Waals surface area contributed by atoms with E-state index in [4.69, 9.17) is 5.73 Å². The molecular weight excluding hydrogens is 280 g/mol. The Hall–Kier alpha value is -2.13. The van der Waals surface area contributed by atoms with Crippen LogP contribution in [-0.4, -0.2) is 37.2 Å². The van der Waals surface area contributed by atoms with Crippen LogP contribution in [0.15, 0.2) is 29.4 Å². The van der Waals surface area contributed by atoms with E-state index in [0.29, 0.717) is 24.3 Å². The maximum absolute atomic E-state index is 11.7. The average molecular weight is 296 g/mol. The van der Waals surface area contributed by atoms with E-state index in [-0.39, 0.29) is 4.90 Å². The van der Waals surface area contributed by atoms with Gasteiger partial charge in [0.15, 0.2) is 0 Å². The highest BCUT2D eigenvalue weighted by molar-refractivity contribution is 7.89. The van der Waals surface area contributed by atoms with Crippen molar-refractivity contribution >= 4 is 21.4 Å². The Kier molecular flexibility index (Phi) is 4.20. The normalized spacial score (nSPS) is 11.4. The number of anilines is 2. The fourth-order valence-electron chi connectivity index (χ4n) is 1.64. The van der Waals surface area contributed by atoms with Crippen molar-refractivity contribution in [2.75, 3.05) is 24.6 Å². The van der Waals surface area contributed by atoms with Gasteiger partial charge in [0.2, 0.25) is 10.0 Å². The first-order chi connectivity index (χ1) is 9.53. The fourth-order valence-corrected chi connectivity index (χ4v) is 2.40. The first-order valence-corrected chi connectivity index (χ1v) is 7.42. The predicted octanol–water partition coefficient (Wildman–Crippen LogP) is -0.0504. The summed E-state index contributed by atoms with van der Waals surface area (Å²) in [5, 5.41) is 9.57. The molecule has 8 nitrogen and oxygen atoms in total. The Morgan fingerprint density at radius 2 is 2.20 bits per heavy atom. The monoisotopic (exact) mass is 296 g/mol. The van der Waals surface area contributed by atoms with Crippen molar-refractivity contribution in [1.82, 2.24) is 19.9 Å². The molecule has 0 saturated heterocycles. The van der Waals surface area contributed by atoms with E-state index in [2.05, 4.69) is 25.2 Å². The summed E-state index contributed by atoms with van der Waals surface area (Å²) in [4.78, 5) is 4.16. The molecule has 0 saturated carbocycles. The Labute approximate surface area is 116 Å². The van der Waals surface area contributed by atoms with Crippen molar-refractivity contribution in [3.8, 4) is 0 Å². The second-order valence-electron chi connectivity index (χ2n) is 4.07. The molecule has 9 heteroatoms. The molecule has 108 valence electrons. The van der Waals surface area contributed by atoms with Crippen LogP contribution in [0.4, 0.5) is 11.4 Å². The smallest absolute Gasteiger partial charge is 0.240 e. The number of H-pyrrole nitrogens is 1. The standard InChI is InChI=1S/C11H16N6O2S/c1-13-20(18,19)8-2-3-9(12)10(6-8)14-5-4-11-15-7-16-17-11/h2-3,6-7,13-14H,4-5,12H2,1H3,(H,15,16,17). The molecule has 0 fully saturated rings. The summed E-state index contributed by atoms with van der Waals surface area (Å²) in [5.41, 5.74) is 6.87. The number of nitrogens with two attached hydrogens (primary N) is 1. The molecule has 0 atom stereocenters. The van der Waals surface area contributed by atoms with Crippen molar-refractivity contribution in [2.45, 2.75) is 11.3 Å². The Balaban J connectivity index is 2.09. The minimum absolute atomic E-state index is 0.163. The number of nitrogens with zero attached hydrogens (tertiary/aromatic N) is 2. The molecule has 0 bridgehead atoms. The molecule has 20 heavy (non-hydrogen) atoms. The van der Waals surface area contributed by atoms with Crippen LogP contribution < -0.4 is 15.8 Å². The SMILES string of the molecule is CNS(=O)(=O)c1ccc(N)c(NCCc2ncn[nH]2)c1. The van der Waals surface area contributed by atoms with E-state index in [1.165, 1.54) is 25.5 Å². The largest absolute Gasteiger partial charge is 0.397 e. The van der Waals surface area contributed by atoms with E-state index in [1.807, 2.05) is 0 Å². The van der Waals surface area contributed by atoms with Crippen LogP contribution in [0.5, 0.6) is 0 Å². The molecular formula is C11H16N6O2S. The third-order valence-electron chi connectivity index (χ3n) is 2.75. The van der Waals surface area contributed by atoms with Gasteiger partial charge in [-0.3, -0.25) is 5.10 Å². The van der Waals surface area contributed by atoms with Gasteiger partial charge in [-0.15, -0.1) is 0 Å². The van der Waals surface area contributed by atoms with Gasteiger partial charge in [0.25, 0.3) is 0 Å². The fraction of sp³-hybridized carbons (Fsp3) is 0.273. The van der Waals surface area contributed by atoms with Gasteiger partial charge in [0.1, 0.15) is 12.2 Å². The molecule has 2 aromatic rings. The number of hydrogen-bond donors (Lipinski definition) is 4. The lowest BCUT2D eigenvalue weighted by molar-refractivity contribution is 0.588. The van der Waals surface area contributed by atoms with Gasteiger partial charge < -0.3 is 11.1 Å². The molecule has 0 aliphatic rings. The highest BCUT2D eigenvalue weighted by atomic mass is 32.2. The number of rotatable bonds is 6. The van der Waals surface area contributed by atoms with Gasteiger partial charge in [-0.2, -0.15) is 5.10 Å². The van der Waals surface area contributed by atoms with Gasteiger partial charge >= 0.3 is 0 Å². The summed E-state index contributed by atoms with van der Waals surface area (Å²) >= 11 is 0. The minimum atomic E-state index is -3.48. The van der Waals surface area contributed by atoms with E-state index < -0.39 is 10.0 Å². The number of hydrogen-bond acceptors (Lipinski definition) is 6.